The average molecular weight is 1410 g/mol. The van der Waals surface area contributed by atoms with E-state index < -0.39 is 97.5 Å². The highest BCUT2D eigenvalue weighted by molar-refractivity contribution is 7.47. The maximum Gasteiger partial charge on any atom is 0.472 e. The van der Waals surface area contributed by atoms with E-state index in [1.54, 1.807) is 0 Å². The molecular formula is C77H146O17P2. The summed E-state index contributed by atoms with van der Waals surface area (Å²) in [5.74, 6) is -0.527. The number of aliphatic hydroxyl groups is 1. The van der Waals surface area contributed by atoms with Gasteiger partial charge in [-0.05, 0) is 63.2 Å². The Morgan fingerprint density at radius 2 is 0.615 bits per heavy atom. The Bertz CT molecular complexity index is 1950. The third kappa shape index (κ3) is 68.7. The number of esters is 4. The van der Waals surface area contributed by atoms with Gasteiger partial charge in [-0.2, -0.15) is 0 Å². The number of aliphatic hydroxyl groups excluding tert-OH is 1. The number of phosphoric acid groups is 2. The number of phosphoric ester groups is 2. The Morgan fingerprint density at radius 1 is 0.344 bits per heavy atom. The summed E-state index contributed by atoms with van der Waals surface area (Å²) >= 11 is 0. The van der Waals surface area contributed by atoms with Crippen LogP contribution in [0.4, 0.5) is 0 Å². The first kappa shape index (κ1) is 93.5. The van der Waals surface area contributed by atoms with E-state index in [0.29, 0.717) is 25.7 Å². The molecule has 0 saturated carbocycles. The summed E-state index contributed by atoms with van der Waals surface area (Å²) in [5.41, 5.74) is 0. The van der Waals surface area contributed by atoms with Crippen LogP contribution >= 0.6 is 15.6 Å². The van der Waals surface area contributed by atoms with E-state index in [2.05, 4.69) is 65.8 Å². The Labute approximate surface area is 586 Å². The van der Waals surface area contributed by atoms with Gasteiger partial charge in [0.1, 0.15) is 19.3 Å². The van der Waals surface area contributed by atoms with Crippen molar-refractivity contribution in [2.75, 3.05) is 39.6 Å². The summed E-state index contributed by atoms with van der Waals surface area (Å²) in [4.78, 5) is 72.8. The van der Waals surface area contributed by atoms with Crippen molar-refractivity contribution >= 4 is 39.5 Å². The van der Waals surface area contributed by atoms with Gasteiger partial charge in [0.25, 0.3) is 0 Å². The van der Waals surface area contributed by atoms with Crippen molar-refractivity contribution < 1.29 is 80.2 Å². The van der Waals surface area contributed by atoms with Gasteiger partial charge in [0, 0.05) is 25.7 Å². The van der Waals surface area contributed by atoms with Gasteiger partial charge < -0.3 is 33.8 Å². The molecule has 96 heavy (non-hydrogen) atoms. The van der Waals surface area contributed by atoms with Crippen LogP contribution in [0.15, 0.2) is 24.3 Å². The van der Waals surface area contributed by atoms with Crippen LogP contribution in [0.1, 0.15) is 375 Å². The molecule has 0 radical (unpaired) electrons. The van der Waals surface area contributed by atoms with E-state index in [9.17, 15) is 43.2 Å². The van der Waals surface area contributed by atoms with Crippen LogP contribution in [0, 0.1) is 11.8 Å². The minimum Gasteiger partial charge on any atom is -0.462 e. The van der Waals surface area contributed by atoms with E-state index in [0.717, 1.165) is 127 Å². The highest BCUT2D eigenvalue weighted by Crippen LogP contribution is 2.45. The summed E-state index contributed by atoms with van der Waals surface area (Å²) < 4.78 is 68.5. The first-order valence-electron chi connectivity index (χ1n) is 39.3. The average Bonchev–Trinajstić information content (AvgIpc) is 1.24. The molecule has 0 amide bonds. The second-order valence-electron chi connectivity index (χ2n) is 27.8. The van der Waals surface area contributed by atoms with Crippen molar-refractivity contribution in [3.63, 3.8) is 0 Å². The minimum absolute atomic E-state index is 0.101. The van der Waals surface area contributed by atoms with E-state index in [4.69, 9.17) is 37.0 Å². The fourth-order valence-corrected chi connectivity index (χ4v) is 12.8. The molecule has 0 rings (SSSR count). The van der Waals surface area contributed by atoms with Crippen molar-refractivity contribution in [1.29, 1.82) is 0 Å². The second-order valence-corrected chi connectivity index (χ2v) is 30.7. The Morgan fingerprint density at radius 3 is 0.938 bits per heavy atom. The zero-order chi connectivity index (χ0) is 70.7. The van der Waals surface area contributed by atoms with E-state index in [1.807, 2.05) is 0 Å². The van der Waals surface area contributed by atoms with Gasteiger partial charge in [0.15, 0.2) is 12.2 Å². The van der Waals surface area contributed by atoms with Gasteiger partial charge in [0.2, 0.25) is 0 Å². The van der Waals surface area contributed by atoms with E-state index >= 15 is 0 Å². The molecule has 0 heterocycles. The second kappa shape index (κ2) is 68.3. The predicted molar refractivity (Wildman–Crippen MR) is 391 cm³/mol. The van der Waals surface area contributed by atoms with Crippen LogP contribution in [-0.2, 0) is 65.4 Å². The number of ether oxygens (including phenoxy) is 4. The SMILES string of the molecule is CCCCCC/C=C\C=C/CCCCCCCC(=O)OC[C@H](COP(=O)(O)OC[C@@H](O)COP(=O)(O)OC[C@@H](COC(=O)CCCCCCCCCC)OC(=O)CCCCCCCCCCCCCCC(C)C)OC(=O)CCCCCCCCCCCCCCCCC(C)CC. The minimum atomic E-state index is -4.96. The van der Waals surface area contributed by atoms with Crippen LogP contribution in [0.5, 0.6) is 0 Å². The number of hydrogen-bond donors (Lipinski definition) is 3. The Hall–Kier alpha value is -2.46. The smallest absolute Gasteiger partial charge is 0.462 e. The highest BCUT2D eigenvalue weighted by atomic mass is 31.2. The number of carbonyl (C=O) groups excluding carboxylic acids is 4. The standard InChI is InChI=1S/C77H146O17P2/c1-7-10-12-14-16-18-19-20-21-25-31-36-42-48-54-60-75(80)88-66-73(94-76(81)61-55-49-43-37-32-26-23-22-24-30-35-40-46-52-58-70(6)9-3)68-92-96(85,86)90-64-71(78)63-89-95(83,84)91-67-72(65-87-74(79)59-53-47-41-17-15-13-11-8-2)93-77(82)62-56-50-44-38-33-28-27-29-34-39-45-51-57-69(4)5/h18-21,69-73,78H,7-17,22-68H2,1-6H3,(H,83,84)(H,85,86)/b19-18-,21-20-/t70?,71-,72+,73+/m0/s1. The third-order valence-electron chi connectivity index (χ3n) is 17.7. The summed E-state index contributed by atoms with van der Waals surface area (Å²) in [7, 11) is -9.92. The number of rotatable bonds is 74. The van der Waals surface area contributed by atoms with Crippen molar-refractivity contribution in [3.05, 3.63) is 24.3 Å². The fraction of sp³-hybridized carbons (Fsp3) is 0.896. The quantitative estimate of drug-likeness (QED) is 0.0169. The van der Waals surface area contributed by atoms with Crippen LogP contribution in [0.25, 0.3) is 0 Å². The largest absolute Gasteiger partial charge is 0.472 e. The molecule has 0 aliphatic rings. The van der Waals surface area contributed by atoms with Crippen LogP contribution in [-0.4, -0.2) is 96.7 Å². The molecule has 0 aromatic heterocycles. The number of carbonyl (C=O) groups is 4. The lowest BCUT2D eigenvalue weighted by Crippen LogP contribution is -2.30. The van der Waals surface area contributed by atoms with Crippen LogP contribution in [0.2, 0.25) is 0 Å². The molecule has 0 spiro atoms. The van der Waals surface area contributed by atoms with Crippen LogP contribution in [0.3, 0.4) is 0 Å². The first-order valence-corrected chi connectivity index (χ1v) is 42.3. The molecular weight excluding hydrogens is 1260 g/mol. The maximum atomic E-state index is 13.1. The van der Waals surface area contributed by atoms with Gasteiger partial charge in [-0.1, -0.05) is 323 Å². The predicted octanol–water partition coefficient (Wildman–Crippen LogP) is 22.3. The molecule has 0 aliphatic heterocycles. The monoisotopic (exact) mass is 1410 g/mol. The zero-order valence-electron chi connectivity index (χ0n) is 62.2. The topological polar surface area (TPSA) is 237 Å². The lowest BCUT2D eigenvalue weighted by molar-refractivity contribution is -0.161. The van der Waals surface area contributed by atoms with Crippen LogP contribution < -0.4 is 0 Å². The summed E-state index contributed by atoms with van der Waals surface area (Å²) in [5, 5.41) is 10.6. The van der Waals surface area contributed by atoms with Gasteiger partial charge in [-0.25, -0.2) is 9.13 Å². The van der Waals surface area contributed by atoms with Gasteiger partial charge in [0.05, 0.1) is 26.4 Å². The summed E-state index contributed by atoms with van der Waals surface area (Å²) in [6, 6.07) is 0. The van der Waals surface area contributed by atoms with E-state index in [-0.39, 0.29) is 25.7 Å². The Kier molecular flexibility index (Phi) is 66.6. The van der Waals surface area contributed by atoms with Crippen molar-refractivity contribution in [2.24, 2.45) is 11.8 Å². The molecule has 3 N–H and O–H groups in total. The first-order chi connectivity index (χ1) is 46.4. The molecule has 0 aromatic rings. The summed E-state index contributed by atoms with van der Waals surface area (Å²) in [6.45, 7) is 9.57. The molecule has 17 nitrogen and oxygen atoms in total. The highest BCUT2D eigenvalue weighted by Gasteiger charge is 2.30. The maximum absolute atomic E-state index is 13.1. The molecule has 6 atom stereocenters. The molecule has 0 saturated heterocycles. The van der Waals surface area contributed by atoms with Crippen molar-refractivity contribution in [3.8, 4) is 0 Å². The normalized spacial score (nSPS) is 14.4. The Balaban J connectivity index is 5.25. The summed E-state index contributed by atoms with van der Waals surface area (Å²) in [6.07, 6.45) is 59.0. The van der Waals surface area contributed by atoms with Crippen molar-refractivity contribution in [2.45, 2.75) is 394 Å². The van der Waals surface area contributed by atoms with Gasteiger partial charge in [-0.3, -0.25) is 37.3 Å². The molecule has 19 heteroatoms. The molecule has 0 bridgehead atoms. The zero-order valence-corrected chi connectivity index (χ0v) is 63.9. The van der Waals surface area contributed by atoms with E-state index in [1.165, 1.54) is 167 Å². The third-order valence-corrected chi connectivity index (χ3v) is 19.6. The lowest BCUT2D eigenvalue weighted by atomic mass is 9.99. The molecule has 0 fully saturated rings. The van der Waals surface area contributed by atoms with Gasteiger partial charge >= 0.3 is 39.5 Å². The number of hydrogen-bond acceptors (Lipinski definition) is 15. The molecule has 566 valence electrons. The van der Waals surface area contributed by atoms with Gasteiger partial charge in [-0.15, -0.1) is 0 Å². The number of unbranched alkanes of at least 4 members (excludes halogenated alkanes) is 40. The fourth-order valence-electron chi connectivity index (χ4n) is 11.3. The number of allylic oxidation sites excluding steroid dienone is 4. The van der Waals surface area contributed by atoms with Crippen molar-refractivity contribution in [1.82, 2.24) is 0 Å². The molecule has 0 aliphatic carbocycles. The lowest BCUT2D eigenvalue weighted by Gasteiger charge is -2.21. The molecule has 0 aromatic carbocycles. The molecule has 3 unspecified atom stereocenters.